The lowest BCUT2D eigenvalue weighted by Gasteiger charge is -2.14. The normalized spacial score (nSPS) is 12.5. The Morgan fingerprint density at radius 3 is 2.33 bits per heavy atom. The van der Waals surface area contributed by atoms with Gasteiger partial charge in [0.05, 0.1) is 19.2 Å². The molecule has 0 saturated carbocycles. The second-order valence-corrected chi connectivity index (χ2v) is 6.64. The lowest BCUT2D eigenvalue weighted by atomic mass is 9.99. The summed E-state index contributed by atoms with van der Waals surface area (Å²) in [6, 6.07) is 13.9. The number of esters is 1. The third kappa shape index (κ3) is 6.37. The van der Waals surface area contributed by atoms with Crippen molar-refractivity contribution in [3.8, 4) is 0 Å². The summed E-state index contributed by atoms with van der Waals surface area (Å²) in [4.78, 5) is 22.3. The molecule has 2 aromatic carbocycles. The molecule has 0 radical (unpaired) electrons. The number of halogens is 2. The monoisotopic (exact) mass is 418 g/mol. The van der Waals surface area contributed by atoms with Crippen molar-refractivity contribution in [3.63, 3.8) is 0 Å². The van der Waals surface area contributed by atoms with Gasteiger partial charge in [-0.3, -0.25) is 0 Å². The zero-order chi connectivity index (χ0) is 22.1. The number of hydrogen-bond acceptors (Lipinski definition) is 6. The van der Waals surface area contributed by atoms with Crippen molar-refractivity contribution in [1.82, 2.24) is 0 Å². The van der Waals surface area contributed by atoms with Gasteiger partial charge in [0.15, 0.2) is 5.71 Å². The molecule has 0 fully saturated rings. The van der Waals surface area contributed by atoms with Crippen LogP contribution < -0.4 is 0 Å². The highest BCUT2D eigenvalue weighted by atomic mass is 19.3. The number of benzene rings is 2. The van der Waals surface area contributed by atoms with Gasteiger partial charge in [0.25, 0.3) is 5.92 Å². The van der Waals surface area contributed by atoms with Crippen molar-refractivity contribution < 1.29 is 28.0 Å². The molecule has 2 rings (SSSR count). The third-order valence-corrected chi connectivity index (χ3v) is 4.20. The van der Waals surface area contributed by atoms with E-state index in [1.165, 1.54) is 14.2 Å². The van der Waals surface area contributed by atoms with Crippen LogP contribution in [0.1, 0.15) is 35.6 Å². The molecule has 0 atom stereocenters. The molecule has 2 aromatic rings. The smallest absolute Gasteiger partial charge is 0.360 e. The lowest BCUT2D eigenvalue weighted by molar-refractivity contribution is -0.132. The first kappa shape index (κ1) is 23.0. The van der Waals surface area contributed by atoms with E-state index in [1.807, 2.05) is 13.0 Å². The molecule has 0 amide bonds. The van der Waals surface area contributed by atoms with Crippen LogP contribution >= 0.6 is 0 Å². The molecule has 0 aromatic heterocycles. The summed E-state index contributed by atoms with van der Waals surface area (Å²) in [7, 11) is 2.55. The van der Waals surface area contributed by atoms with Gasteiger partial charge in [0, 0.05) is 11.1 Å². The number of alkyl halides is 2. The molecule has 0 spiro atoms. The van der Waals surface area contributed by atoms with Gasteiger partial charge in [-0.2, -0.15) is 0 Å². The predicted octanol–water partition coefficient (Wildman–Crippen LogP) is 4.48. The Hall–Kier alpha value is -3.29. The van der Waals surface area contributed by atoms with Crippen LogP contribution in [0.3, 0.4) is 0 Å². The summed E-state index contributed by atoms with van der Waals surface area (Å²) in [5.41, 5.74) is 2.49. The van der Waals surface area contributed by atoms with E-state index in [9.17, 15) is 13.6 Å². The van der Waals surface area contributed by atoms with Gasteiger partial charge in [0.1, 0.15) is 13.7 Å². The number of oxime groups is 2. The average Bonchev–Trinajstić information content (AvgIpc) is 2.71. The second kappa shape index (κ2) is 10.5. The molecule has 0 saturated heterocycles. The van der Waals surface area contributed by atoms with Crippen LogP contribution in [0.5, 0.6) is 0 Å². The molecule has 0 aliphatic heterocycles. The molecule has 0 aliphatic rings. The topological polar surface area (TPSA) is 69.5 Å². The number of methoxy groups -OCH3 is 1. The number of carbonyl (C=O) groups excluding carboxylic acids is 1. The maximum Gasteiger partial charge on any atom is 0.360 e. The highest BCUT2D eigenvalue weighted by molar-refractivity contribution is 6.43. The fourth-order valence-electron chi connectivity index (χ4n) is 2.79. The first-order chi connectivity index (χ1) is 14.3. The molecule has 160 valence electrons. The van der Waals surface area contributed by atoms with E-state index in [4.69, 9.17) is 14.4 Å². The number of rotatable bonds is 9. The first-order valence-electron chi connectivity index (χ1n) is 9.17. The molecule has 0 aliphatic carbocycles. The van der Waals surface area contributed by atoms with Gasteiger partial charge in [0.2, 0.25) is 0 Å². The standard InChI is InChI=1S/C22H24F2N2O4/c1-15-9-8-12-17(20(26-29-4)21(27)28-3)18(15)14-30-25-19(13-22(2,23)24)16-10-6-5-7-11-16/h5-12H,13-14H2,1-4H3/b25-19+,26-20+. The van der Waals surface area contributed by atoms with Crippen LogP contribution in [0.4, 0.5) is 8.78 Å². The van der Waals surface area contributed by atoms with Crippen LogP contribution in [0.25, 0.3) is 0 Å². The third-order valence-electron chi connectivity index (χ3n) is 4.20. The number of hydrogen-bond donors (Lipinski definition) is 0. The molecule has 0 bridgehead atoms. The number of aryl methyl sites for hydroxylation is 1. The Bertz CT molecular complexity index is 922. The fraction of sp³-hybridized carbons (Fsp3) is 0.318. The van der Waals surface area contributed by atoms with Crippen LogP contribution in [-0.2, 0) is 25.8 Å². The Balaban J connectivity index is 2.35. The van der Waals surface area contributed by atoms with Gasteiger partial charge in [-0.1, -0.05) is 58.8 Å². The fourth-order valence-corrected chi connectivity index (χ4v) is 2.79. The second-order valence-electron chi connectivity index (χ2n) is 6.64. The lowest BCUT2D eigenvalue weighted by Crippen LogP contribution is -2.20. The summed E-state index contributed by atoms with van der Waals surface area (Å²) in [6.07, 6.45) is -0.573. The Kier molecular flexibility index (Phi) is 8.03. The summed E-state index contributed by atoms with van der Waals surface area (Å²) in [6.45, 7) is 2.59. The minimum Gasteiger partial charge on any atom is -0.464 e. The van der Waals surface area contributed by atoms with Crippen LogP contribution in [0, 0.1) is 6.92 Å². The van der Waals surface area contributed by atoms with Gasteiger partial charge in [-0.15, -0.1) is 0 Å². The van der Waals surface area contributed by atoms with Gasteiger partial charge >= 0.3 is 5.97 Å². The zero-order valence-corrected chi connectivity index (χ0v) is 17.3. The minimum absolute atomic E-state index is 0.0327. The molecule has 8 heteroatoms. The van der Waals surface area contributed by atoms with Crippen molar-refractivity contribution in [2.45, 2.75) is 32.8 Å². The quantitative estimate of drug-likeness (QED) is 0.342. The van der Waals surface area contributed by atoms with Crippen molar-refractivity contribution in [3.05, 3.63) is 70.8 Å². The van der Waals surface area contributed by atoms with Crippen molar-refractivity contribution in [2.75, 3.05) is 14.2 Å². The van der Waals surface area contributed by atoms with Gasteiger partial charge in [-0.25, -0.2) is 13.6 Å². The van der Waals surface area contributed by atoms with E-state index >= 15 is 0 Å². The Morgan fingerprint density at radius 1 is 1.03 bits per heavy atom. The van der Waals surface area contributed by atoms with Crippen LogP contribution in [-0.4, -0.2) is 37.5 Å². The van der Waals surface area contributed by atoms with E-state index in [1.54, 1.807) is 42.5 Å². The minimum atomic E-state index is -2.95. The average molecular weight is 418 g/mol. The van der Waals surface area contributed by atoms with Crippen molar-refractivity contribution in [1.29, 1.82) is 0 Å². The summed E-state index contributed by atoms with van der Waals surface area (Å²) >= 11 is 0. The van der Waals surface area contributed by atoms with Crippen LogP contribution in [0.2, 0.25) is 0 Å². The largest absolute Gasteiger partial charge is 0.464 e. The first-order valence-corrected chi connectivity index (χ1v) is 9.17. The van der Waals surface area contributed by atoms with Gasteiger partial charge in [-0.05, 0) is 25.0 Å². The molecule has 0 unspecified atom stereocenters. The van der Waals surface area contributed by atoms with Crippen molar-refractivity contribution >= 4 is 17.4 Å². The SMILES string of the molecule is CO/N=C(/C(=O)OC)c1cccc(C)c1CO/N=C(\CC(C)(F)F)c1ccccc1. The maximum atomic E-state index is 13.6. The van der Waals surface area contributed by atoms with E-state index in [0.717, 1.165) is 12.5 Å². The summed E-state index contributed by atoms with van der Waals surface area (Å²) < 4.78 is 32.0. The predicted molar refractivity (Wildman–Crippen MR) is 110 cm³/mol. The molecule has 30 heavy (non-hydrogen) atoms. The Labute approximate surface area is 174 Å². The van der Waals surface area contributed by atoms with Crippen molar-refractivity contribution in [2.24, 2.45) is 10.3 Å². The molecule has 0 N–H and O–H groups in total. The zero-order valence-electron chi connectivity index (χ0n) is 17.3. The van der Waals surface area contributed by atoms with E-state index in [-0.39, 0.29) is 18.0 Å². The number of nitrogens with zero attached hydrogens (tertiary/aromatic N) is 2. The van der Waals surface area contributed by atoms with Gasteiger partial charge < -0.3 is 14.4 Å². The number of ether oxygens (including phenoxy) is 1. The van der Waals surface area contributed by atoms with E-state index < -0.39 is 18.3 Å². The van der Waals surface area contributed by atoms with E-state index in [0.29, 0.717) is 16.7 Å². The number of carbonyl (C=O) groups is 1. The maximum absolute atomic E-state index is 13.6. The summed E-state index contributed by atoms with van der Waals surface area (Å²) in [5.74, 6) is -3.63. The molecular weight excluding hydrogens is 394 g/mol. The highest BCUT2D eigenvalue weighted by Gasteiger charge is 2.26. The molecular formula is C22H24F2N2O4. The molecule has 6 nitrogen and oxygen atoms in total. The van der Waals surface area contributed by atoms with E-state index in [2.05, 4.69) is 10.3 Å². The van der Waals surface area contributed by atoms with Crippen LogP contribution in [0.15, 0.2) is 58.8 Å². The summed E-state index contributed by atoms with van der Waals surface area (Å²) in [5, 5.41) is 7.73. The highest BCUT2D eigenvalue weighted by Crippen LogP contribution is 2.22. The molecule has 0 heterocycles. The Morgan fingerprint density at radius 2 is 1.73 bits per heavy atom.